The third-order valence-electron chi connectivity index (χ3n) is 2.74. The maximum atomic E-state index is 11.9. The van der Waals surface area contributed by atoms with E-state index in [4.69, 9.17) is 0 Å². The number of fused-ring (bicyclic) bond motifs is 1. The molecule has 0 atom stereocenters. The largest absolute Gasteiger partial charge is 0.301 e. The zero-order valence-corrected chi connectivity index (χ0v) is 11.2. The predicted molar refractivity (Wildman–Crippen MR) is 70.4 cm³/mol. The monoisotopic (exact) mass is 293 g/mol. The number of Topliss-reactive ketones (excluding diaryl/α,β-unsaturated/α-hetero) is 1. The van der Waals surface area contributed by atoms with Gasteiger partial charge in [0.1, 0.15) is 0 Å². The first-order valence-corrected chi connectivity index (χ1v) is 6.13. The molecule has 1 amide bonds. The van der Waals surface area contributed by atoms with Crippen molar-refractivity contribution >= 4 is 33.3 Å². The smallest absolute Gasteiger partial charge is 0.299 e. The molecule has 0 saturated carbocycles. The number of aryl methyl sites for hydroxylation is 1. The molecule has 0 aromatic heterocycles. The normalized spacial score (nSPS) is 14.9. The van der Waals surface area contributed by atoms with E-state index >= 15 is 0 Å². The molecule has 0 bridgehead atoms. The number of ketones is 1. The minimum Gasteiger partial charge on any atom is -0.301 e. The van der Waals surface area contributed by atoms with Crippen molar-refractivity contribution in [1.82, 2.24) is 0 Å². The van der Waals surface area contributed by atoms with Crippen molar-refractivity contribution in [2.24, 2.45) is 0 Å². The van der Waals surface area contributed by atoms with Crippen LogP contribution in [0.1, 0.15) is 22.8 Å². The number of carbonyl (C=O) groups is 2. The molecule has 1 aliphatic rings. The Morgan fingerprint density at radius 2 is 2.06 bits per heavy atom. The number of allylic oxidation sites excluding steroid dienone is 1. The van der Waals surface area contributed by atoms with Crippen LogP contribution in [0, 0.1) is 6.92 Å². The van der Waals surface area contributed by atoms with Gasteiger partial charge in [-0.05, 0) is 31.5 Å². The van der Waals surface area contributed by atoms with Crippen LogP contribution >= 0.6 is 15.9 Å². The Hall–Kier alpha value is -1.42. The topological polar surface area (TPSA) is 37.4 Å². The Kier molecular flexibility index (Phi) is 3.15. The van der Waals surface area contributed by atoms with Crippen LogP contribution in [0.4, 0.5) is 5.69 Å². The number of nitrogens with zero attached hydrogens (tertiary/aromatic N) is 1. The van der Waals surface area contributed by atoms with Crippen molar-refractivity contribution in [2.45, 2.75) is 13.8 Å². The molecule has 0 aliphatic carbocycles. The number of benzene rings is 1. The molecule has 0 N–H and O–H groups in total. The molecule has 1 aliphatic heterocycles. The Labute approximate surface area is 108 Å². The minimum atomic E-state index is -0.445. The highest BCUT2D eigenvalue weighted by Gasteiger charge is 2.36. The second-order valence-corrected chi connectivity index (χ2v) is 4.85. The first-order chi connectivity index (χ1) is 8.06. The van der Waals surface area contributed by atoms with Crippen molar-refractivity contribution in [3.8, 4) is 0 Å². The van der Waals surface area contributed by atoms with Gasteiger partial charge in [0.05, 0.1) is 11.3 Å². The molecule has 1 aromatic carbocycles. The Bertz CT molecular complexity index is 534. The molecule has 0 spiro atoms. The van der Waals surface area contributed by atoms with E-state index in [2.05, 4.69) is 15.9 Å². The molecule has 2 rings (SSSR count). The van der Waals surface area contributed by atoms with Crippen molar-refractivity contribution in [3.63, 3.8) is 0 Å². The van der Waals surface area contributed by atoms with Gasteiger partial charge in [0, 0.05) is 11.0 Å². The third-order valence-corrected chi connectivity index (χ3v) is 3.20. The number of rotatable bonds is 2. The molecule has 1 aromatic rings. The Morgan fingerprint density at radius 1 is 1.35 bits per heavy atom. The Morgan fingerprint density at radius 3 is 2.71 bits per heavy atom. The molecule has 4 heteroatoms. The van der Waals surface area contributed by atoms with Gasteiger partial charge < -0.3 is 4.90 Å². The van der Waals surface area contributed by atoms with Gasteiger partial charge in [-0.25, -0.2) is 0 Å². The number of amides is 1. The van der Waals surface area contributed by atoms with Crippen molar-refractivity contribution < 1.29 is 9.59 Å². The lowest BCUT2D eigenvalue weighted by atomic mass is 10.1. The molecular weight excluding hydrogens is 282 g/mol. The molecular formula is C13H12BrNO2. The lowest BCUT2D eigenvalue weighted by molar-refractivity contribution is -0.114. The minimum absolute atomic E-state index is 0.422. The van der Waals surface area contributed by atoms with E-state index < -0.39 is 11.7 Å². The summed E-state index contributed by atoms with van der Waals surface area (Å²) in [6.07, 6.45) is 3.73. The molecule has 0 radical (unpaired) electrons. The molecule has 0 saturated heterocycles. The summed E-state index contributed by atoms with van der Waals surface area (Å²) in [5.41, 5.74) is 2.16. The highest BCUT2D eigenvalue weighted by molar-refractivity contribution is 9.10. The highest BCUT2D eigenvalue weighted by Crippen LogP contribution is 2.34. The van der Waals surface area contributed by atoms with Crippen molar-refractivity contribution in [3.05, 3.63) is 39.9 Å². The fraction of sp³-hybridized carbons (Fsp3) is 0.231. The van der Waals surface area contributed by atoms with Gasteiger partial charge in [0.15, 0.2) is 0 Å². The van der Waals surface area contributed by atoms with Gasteiger partial charge in [-0.1, -0.05) is 28.1 Å². The van der Waals surface area contributed by atoms with Crippen molar-refractivity contribution in [2.75, 3.05) is 11.4 Å². The van der Waals surface area contributed by atoms with Crippen LogP contribution in [0.15, 0.2) is 28.8 Å². The van der Waals surface area contributed by atoms with E-state index in [0.29, 0.717) is 12.1 Å². The lowest BCUT2D eigenvalue weighted by Gasteiger charge is -2.16. The molecule has 17 heavy (non-hydrogen) atoms. The fourth-order valence-electron chi connectivity index (χ4n) is 1.99. The Balaban J connectivity index is 2.56. The van der Waals surface area contributed by atoms with E-state index in [1.165, 1.54) is 4.90 Å². The average molecular weight is 294 g/mol. The van der Waals surface area contributed by atoms with Crippen LogP contribution < -0.4 is 4.90 Å². The van der Waals surface area contributed by atoms with Crippen LogP contribution in [-0.2, 0) is 4.79 Å². The van der Waals surface area contributed by atoms with Gasteiger partial charge in [0.2, 0.25) is 0 Å². The van der Waals surface area contributed by atoms with Crippen LogP contribution in [0.25, 0.3) is 0 Å². The summed E-state index contributed by atoms with van der Waals surface area (Å²) in [4.78, 5) is 25.2. The number of anilines is 1. The summed E-state index contributed by atoms with van der Waals surface area (Å²) in [5.74, 6) is -0.867. The van der Waals surface area contributed by atoms with Gasteiger partial charge in [-0.2, -0.15) is 0 Å². The van der Waals surface area contributed by atoms with Gasteiger partial charge >= 0.3 is 0 Å². The number of hydrogen-bond acceptors (Lipinski definition) is 2. The van der Waals surface area contributed by atoms with E-state index in [0.717, 1.165) is 15.7 Å². The average Bonchev–Trinajstić information content (AvgIpc) is 2.51. The highest BCUT2D eigenvalue weighted by atomic mass is 79.9. The van der Waals surface area contributed by atoms with E-state index in [-0.39, 0.29) is 0 Å². The summed E-state index contributed by atoms with van der Waals surface area (Å²) in [6, 6.07) is 3.62. The van der Waals surface area contributed by atoms with Crippen LogP contribution in [0.3, 0.4) is 0 Å². The summed E-state index contributed by atoms with van der Waals surface area (Å²) in [6.45, 7) is 4.23. The molecule has 1 heterocycles. The lowest BCUT2D eigenvalue weighted by Crippen LogP contribution is -2.30. The first kappa shape index (κ1) is 12.0. The number of halogens is 1. The van der Waals surface area contributed by atoms with Crippen LogP contribution in [0.2, 0.25) is 0 Å². The molecule has 88 valence electrons. The predicted octanol–water partition coefficient (Wildman–Crippen LogP) is 2.86. The number of hydrogen-bond donors (Lipinski definition) is 0. The van der Waals surface area contributed by atoms with E-state index in [1.807, 2.05) is 32.1 Å². The molecule has 3 nitrogen and oxygen atoms in total. The van der Waals surface area contributed by atoms with Crippen LogP contribution in [0.5, 0.6) is 0 Å². The van der Waals surface area contributed by atoms with E-state index in [9.17, 15) is 9.59 Å². The zero-order valence-electron chi connectivity index (χ0n) is 9.66. The maximum Gasteiger partial charge on any atom is 0.299 e. The maximum absolute atomic E-state index is 11.9. The SMILES string of the molecule is CC=CCN1C(=O)C(=O)c2cc(Br)cc(C)c21. The second kappa shape index (κ2) is 4.45. The summed E-state index contributed by atoms with van der Waals surface area (Å²) < 4.78 is 0.822. The van der Waals surface area contributed by atoms with Gasteiger partial charge in [0.25, 0.3) is 11.7 Å². The summed E-state index contributed by atoms with van der Waals surface area (Å²) >= 11 is 3.34. The van der Waals surface area contributed by atoms with Gasteiger partial charge in [-0.15, -0.1) is 0 Å². The standard InChI is InChI=1S/C13H12BrNO2/c1-3-4-5-15-11-8(2)6-9(14)7-10(11)12(16)13(15)17/h3-4,6-7H,5H2,1-2H3. The van der Waals surface area contributed by atoms with Crippen LogP contribution in [-0.4, -0.2) is 18.2 Å². The second-order valence-electron chi connectivity index (χ2n) is 3.93. The third kappa shape index (κ3) is 1.93. The zero-order chi connectivity index (χ0) is 12.6. The summed E-state index contributed by atoms with van der Waals surface area (Å²) in [5, 5.41) is 0. The van der Waals surface area contributed by atoms with Crippen molar-refractivity contribution in [1.29, 1.82) is 0 Å². The molecule has 0 unspecified atom stereocenters. The summed E-state index contributed by atoms with van der Waals surface area (Å²) in [7, 11) is 0. The first-order valence-electron chi connectivity index (χ1n) is 5.33. The molecule has 0 fully saturated rings. The fourth-order valence-corrected chi connectivity index (χ4v) is 2.56. The van der Waals surface area contributed by atoms with Gasteiger partial charge in [-0.3, -0.25) is 9.59 Å². The quantitative estimate of drug-likeness (QED) is 0.621. The number of carbonyl (C=O) groups excluding carboxylic acids is 2. The van der Waals surface area contributed by atoms with E-state index in [1.54, 1.807) is 6.07 Å².